The van der Waals surface area contributed by atoms with Gasteiger partial charge in [-0.3, -0.25) is 9.36 Å². The second kappa shape index (κ2) is 32.2. The molecule has 0 aromatic rings. The van der Waals surface area contributed by atoms with Crippen molar-refractivity contribution in [2.75, 3.05) is 40.9 Å². The number of nitrogens with one attached hydrogen (secondary N) is 1. The Morgan fingerprint density at radius 1 is 0.708 bits per heavy atom. The fraction of sp³-hybridized carbons (Fsp3) is 0.923. The van der Waals surface area contributed by atoms with E-state index in [0.29, 0.717) is 17.4 Å². The molecule has 0 saturated heterocycles. The average Bonchev–Trinajstić information content (AvgIpc) is 3.02. The van der Waals surface area contributed by atoms with E-state index in [0.717, 1.165) is 38.5 Å². The lowest BCUT2D eigenvalue weighted by Crippen LogP contribution is -2.45. The highest BCUT2D eigenvalue weighted by Gasteiger charge is 2.23. The lowest BCUT2D eigenvalue weighted by Gasteiger charge is -2.29. The first kappa shape index (κ1) is 47.2. The molecule has 0 saturated carbocycles. The van der Waals surface area contributed by atoms with Gasteiger partial charge in [-0.1, -0.05) is 167 Å². The Kier molecular flexibility index (Phi) is 31.7. The molecule has 0 aromatic heterocycles. The Hall–Kier alpha value is -0.760. The second-order valence-corrected chi connectivity index (χ2v) is 16.4. The minimum Gasteiger partial charge on any atom is -0.756 e. The second-order valence-electron chi connectivity index (χ2n) is 15.0. The number of aliphatic hydroxyl groups excluding tert-OH is 1. The van der Waals surface area contributed by atoms with Crippen LogP contribution in [0.1, 0.15) is 181 Å². The van der Waals surface area contributed by atoms with E-state index in [2.05, 4.69) is 19.2 Å². The lowest BCUT2D eigenvalue weighted by atomic mass is 10.0. The number of phosphoric ester groups is 1. The fourth-order valence-corrected chi connectivity index (χ4v) is 6.46. The van der Waals surface area contributed by atoms with Crippen LogP contribution in [0.2, 0.25) is 0 Å². The molecular weight excluding hydrogens is 623 g/mol. The van der Waals surface area contributed by atoms with Gasteiger partial charge in [0.2, 0.25) is 5.91 Å². The van der Waals surface area contributed by atoms with Crippen LogP contribution in [0.15, 0.2) is 12.2 Å². The molecule has 1 amide bonds. The summed E-state index contributed by atoms with van der Waals surface area (Å²) in [6, 6.07) is -0.877. The highest BCUT2D eigenvalue weighted by molar-refractivity contribution is 7.45. The van der Waals surface area contributed by atoms with Crippen molar-refractivity contribution in [3.05, 3.63) is 12.2 Å². The number of nitrogens with zero attached hydrogens (tertiary/aromatic N) is 1. The first-order valence-corrected chi connectivity index (χ1v) is 21.5. The third-order valence-electron chi connectivity index (χ3n) is 9.00. The Morgan fingerprint density at radius 3 is 1.56 bits per heavy atom. The smallest absolute Gasteiger partial charge is 0.268 e. The summed E-state index contributed by atoms with van der Waals surface area (Å²) in [6.45, 7) is 4.63. The summed E-state index contributed by atoms with van der Waals surface area (Å²) in [5.74, 6) is -0.198. The van der Waals surface area contributed by atoms with E-state index in [-0.39, 0.29) is 19.1 Å². The minimum atomic E-state index is -4.57. The van der Waals surface area contributed by atoms with E-state index in [1.165, 1.54) is 122 Å². The molecule has 286 valence electrons. The van der Waals surface area contributed by atoms with E-state index in [4.69, 9.17) is 9.05 Å². The number of carbonyl (C=O) groups excluding carboxylic acids is 1. The summed E-state index contributed by atoms with van der Waals surface area (Å²) >= 11 is 0. The number of amides is 1. The molecule has 0 heterocycles. The number of hydrogen-bond acceptors (Lipinski definition) is 6. The topological polar surface area (TPSA) is 108 Å². The van der Waals surface area contributed by atoms with Crippen molar-refractivity contribution < 1.29 is 32.9 Å². The molecule has 3 atom stereocenters. The Bertz CT molecular complexity index is 804. The molecule has 3 unspecified atom stereocenters. The standard InChI is InChI=1S/C39H79N2O6P/c1-6-8-10-12-14-16-18-20-21-22-24-26-28-30-32-38(42)37(36-47-48(44,45)46-35-34-41(3,4)5)40-39(43)33-31-29-27-25-23-19-17-15-13-11-9-7-2/h30,32,37-38,42H,6-29,31,33-36H2,1-5H3,(H-,40,43,44,45)/b32-30+. The van der Waals surface area contributed by atoms with E-state index < -0.39 is 20.0 Å². The van der Waals surface area contributed by atoms with Crippen LogP contribution >= 0.6 is 7.82 Å². The van der Waals surface area contributed by atoms with Gasteiger partial charge >= 0.3 is 0 Å². The number of rotatable bonds is 36. The van der Waals surface area contributed by atoms with Gasteiger partial charge in [-0.25, -0.2) is 0 Å². The molecule has 48 heavy (non-hydrogen) atoms. The first-order valence-electron chi connectivity index (χ1n) is 20.1. The highest BCUT2D eigenvalue weighted by atomic mass is 31.2. The van der Waals surface area contributed by atoms with Crippen molar-refractivity contribution in [3.63, 3.8) is 0 Å². The number of quaternary nitrogens is 1. The summed E-state index contributed by atoms with van der Waals surface area (Å²) < 4.78 is 23.1. The van der Waals surface area contributed by atoms with Crippen LogP contribution in [0.25, 0.3) is 0 Å². The number of likely N-dealkylation sites (N-methyl/N-ethyl adjacent to an activating group) is 1. The molecule has 0 radical (unpaired) electrons. The van der Waals surface area contributed by atoms with E-state index >= 15 is 0 Å². The van der Waals surface area contributed by atoms with Gasteiger partial charge in [0, 0.05) is 6.42 Å². The maximum atomic E-state index is 12.8. The van der Waals surface area contributed by atoms with E-state index in [1.54, 1.807) is 6.08 Å². The summed E-state index contributed by atoms with van der Waals surface area (Å²) in [5, 5.41) is 13.7. The van der Waals surface area contributed by atoms with Crippen molar-refractivity contribution in [2.24, 2.45) is 0 Å². The molecule has 0 aliphatic heterocycles. The maximum absolute atomic E-state index is 12.8. The third kappa shape index (κ3) is 33.7. The van der Waals surface area contributed by atoms with Gasteiger partial charge in [-0.05, 0) is 19.3 Å². The SMILES string of the molecule is CCCCCCCCCCCCCC/C=C/C(O)C(COP(=O)([O-])OCC[N+](C)(C)C)NC(=O)CCCCCCCCCCCCCC. The van der Waals surface area contributed by atoms with E-state index in [1.807, 2.05) is 27.2 Å². The van der Waals surface area contributed by atoms with Gasteiger partial charge in [-0.2, -0.15) is 0 Å². The van der Waals surface area contributed by atoms with Gasteiger partial charge in [0.05, 0.1) is 39.9 Å². The Labute approximate surface area is 297 Å². The van der Waals surface area contributed by atoms with Crippen LogP contribution in [0, 0.1) is 0 Å². The normalized spacial score (nSPS) is 14.7. The van der Waals surface area contributed by atoms with Crippen molar-refractivity contribution in [1.82, 2.24) is 5.32 Å². The van der Waals surface area contributed by atoms with Crippen molar-refractivity contribution in [3.8, 4) is 0 Å². The monoisotopic (exact) mass is 703 g/mol. The first-order chi connectivity index (χ1) is 23.0. The number of unbranched alkanes of at least 4 members (excludes halogenated alkanes) is 23. The van der Waals surface area contributed by atoms with Crippen molar-refractivity contribution in [2.45, 2.75) is 193 Å². The molecule has 0 fully saturated rings. The third-order valence-corrected chi connectivity index (χ3v) is 9.96. The Balaban J connectivity index is 4.50. The number of phosphoric acid groups is 1. The van der Waals surface area contributed by atoms with Gasteiger partial charge in [0.1, 0.15) is 13.2 Å². The zero-order valence-electron chi connectivity index (χ0n) is 32.2. The molecule has 0 aliphatic carbocycles. The zero-order chi connectivity index (χ0) is 35.8. The number of allylic oxidation sites excluding steroid dienone is 1. The predicted octanol–water partition coefficient (Wildman–Crippen LogP) is 9.78. The maximum Gasteiger partial charge on any atom is 0.268 e. The van der Waals surface area contributed by atoms with E-state index in [9.17, 15) is 19.4 Å². The molecule has 0 aliphatic rings. The molecule has 9 heteroatoms. The van der Waals surface area contributed by atoms with Crippen LogP contribution in [0.5, 0.6) is 0 Å². The van der Waals surface area contributed by atoms with Gasteiger partial charge < -0.3 is 28.8 Å². The molecule has 0 rings (SSSR count). The molecule has 2 N–H and O–H groups in total. The van der Waals surface area contributed by atoms with Crippen LogP contribution in [0.4, 0.5) is 0 Å². The predicted molar refractivity (Wildman–Crippen MR) is 201 cm³/mol. The van der Waals surface area contributed by atoms with Crippen molar-refractivity contribution in [1.29, 1.82) is 0 Å². The quantitative estimate of drug-likeness (QED) is 0.0291. The zero-order valence-corrected chi connectivity index (χ0v) is 33.1. The van der Waals surface area contributed by atoms with Gasteiger partial charge in [0.25, 0.3) is 7.82 Å². The molecule has 8 nitrogen and oxygen atoms in total. The van der Waals surface area contributed by atoms with Crippen LogP contribution < -0.4 is 10.2 Å². The number of aliphatic hydroxyl groups is 1. The number of carbonyl (C=O) groups is 1. The van der Waals surface area contributed by atoms with Gasteiger partial charge in [0.15, 0.2) is 0 Å². The van der Waals surface area contributed by atoms with Crippen LogP contribution in [-0.2, 0) is 18.4 Å². The van der Waals surface area contributed by atoms with Crippen LogP contribution in [-0.4, -0.2) is 68.5 Å². The highest BCUT2D eigenvalue weighted by Crippen LogP contribution is 2.38. The van der Waals surface area contributed by atoms with Gasteiger partial charge in [-0.15, -0.1) is 0 Å². The summed E-state index contributed by atoms with van der Waals surface area (Å²) in [7, 11) is 1.27. The van der Waals surface area contributed by atoms with Crippen LogP contribution in [0.3, 0.4) is 0 Å². The fourth-order valence-electron chi connectivity index (χ4n) is 5.74. The average molecular weight is 703 g/mol. The largest absolute Gasteiger partial charge is 0.756 e. The van der Waals surface area contributed by atoms with Crippen molar-refractivity contribution >= 4 is 13.7 Å². The summed E-state index contributed by atoms with van der Waals surface area (Å²) in [6.07, 6.45) is 33.9. The molecule has 0 bridgehead atoms. The minimum absolute atomic E-state index is 0.00175. The summed E-state index contributed by atoms with van der Waals surface area (Å²) in [4.78, 5) is 25.2. The summed E-state index contributed by atoms with van der Waals surface area (Å²) in [5.41, 5.74) is 0. The molecule has 0 spiro atoms. The Morgan fingerprint density at radius 2 is 1.12 bits per heavy atom. The lowest BCUT2D eigenvalue weighted by molar-refractivity contribution is -0.870. The number of hydrogen-bond donors (Lipinski definition) is 2. The molecule has 0 aromatic carbocycles. The molecular formula is C39H79N2O6P.